The van der Waals surface area contributed by atoms with Crippen molar-refractivity contribution in [3.63, 3.8) is 0 Å². The largest absolute Gasteiger partial charge is 0.312 e. The van der Waals surface area contributed by atoms with Crippen molar-refractivity contribution in [1.82, 2.24) is 5.32 Å². The molecule has 2 rings (SSSR count). The van der Waals surface area contributed by atoms with Gasteiger partial charge in [0.2, 0.25) is 0 Å². The first-order chi connectivity index (χ1) is 8.18. The fourth-order valence-electron chi connectivity index (χ4n) is 2.06. The quantitative estimate of drug-likeness (QED) is 0.716. The average molecular weight is 228 g/mol. The van der Waals surface area contributed by atoms with Crippen molar-refractivity contribution >= 4 is 0 Å². The van der Waals surface area contributed by atoms with Crippen LogP contribution in [0.2, 0.25) is 0 Å². The highest BCUT2D eigenvalue weighted by Gasteiger charge is 2.10. The molecule has 1 heterocycles. The molecule has 17 heavy (non-hydrogen) atoms. The Bertz CT molecular complexity index is 458. The Kier molecular flexibility index (Phi) is 3.77. The van der Waals surface area contributed by atoms with Gasteiger partial charge in [-0.05, 0) is 31.4 Å². The minimum atomic E-state index is -0.0814. The number of hydrogen-bond acceptors (Lipinski definition) is 2. The normalized spacial score (nSPS) is 27.4. The standard InChI is InChI=1S/C15H20N2/c1-11-7-8-13-5-3-4-6-14(13)15(16)17-10-9-12(11)2/h3-7,9,15,17H,8,10,16H2,1-2H3/b11-7-,12-9-. The summed E-state index contributed by atoms with van der Waals surface area (Å²) in [5, 5.41) is 3.33. The summed E-state index contributed by atoms with van der Waals surface area (Å²) in [4.78, 5) is 0. The Morgan fingerprint density at radius 1 is 1.12 bits per heavy atom. The minimum absolute atomic E-state index is 0.0814. The third kappa shape index (κ3) is 2.84. The SMILES string of the molecule is CC1=C/CNC(N)c2ccccc2C/C=C\1C. The summed E-state index contributed by atoms with van der Waals surface area (Å²) in [6.07, 6.45) is 5.34. The van der Waals surface area contributed by atoms with Gasteiger partial charge in [-0.15, -0.1) is 0 Å². The molecular formula is C15H20N2. The molecule has 2 nitrogen and oxygen atoms in total. The zero-order valence-electron chi connectivity index (χ0n) is 10.5. The number of hydrogen-bond donors (Lipinski definition) is 2. The topological polar surface area (TPSA) is 38.0 Å². The summed E-state index contributed by atoms with van der Waals surface area (Å²) >= 11 is 0. The lowest BCUT2D eigenvalue weighted by Crippen LogP contribution is -2.30. The zero-order chi connectivity index (χ0) is 12.3. The van der Waals surface area contributed by atoms with Crippen molar-refractivity contribution in [2.75, 3.05) is 6.54 Å². The monoisotopic (exact) mass is 228 g/mol. The van der Waals surface area contributed by atoms with Gasteiger partial charge in [0.1, 0.15) is 0 Å². The smallest absolute Gasteiger partial charge is 0.0815 e. The van der Waals surface area contributed by atoms with Crippen LogP contribution in [0, 0.1) is 0 Å². The molecule has 1 aromatic rings. The Hall–Kier alpha value is -1.38. The second-order valence-electron chi connectivity index (χ2n) is 4.56. The van der Waals surface area contributed by atoms with E-state index >= 15 is 0 Å². The highest BCUT2D eigenvalue weighted by Crippen LogP contribution is 2.18. The summed E-state index contributed by atoms with van der Waals surface area (Å²) < 4.78 is 0. The highest BCUT2D eigenvalue weighted by atomic mass is 15.0. The molecule has 0 spiro atoms. The number of fused-ring (bicyclic) bond motifs is 1. The van der Waals surface area contributed by atoms with E-state index in [1.165, 1.54) is 22.3 Å². The van der Waals surface area contributed by atoms with Gasteiger partial charge >= 0.3 is 0 Å². The van der Waals surface area contributed by atoms with Crippen LogP contribution in [-0.2, 0) is 6.42 Å². The van der Waals surface area contributed by atoms with E-state index in [1.54, 1.807) is 0 Å². The van der Waals surface area contributed by atoms with Gasteiger partial charge in [0.25, 0.3) is 0 Å². The third-order valence-electron chi connectivity index (χ3n) is 3.39. The molecule has 0 radical (unpaired) electrons. The number of nitrogens with two attached hydrogens (primary N) is 1. The summed E-state index contributed by atoms with van der Waals surface area (Å²) in [6.45, 7) is 5.12. The summed E-state index contributed by atoms with van der Waals surface area (Å²) in [6, 6.07) is 8.38. The fraction of sp³-hybridized carbons (Fsp3) is 0.333. The molecule has 0 amide bonds. The van der Waals surface area contributed by atoms with Gasteiger partial charge < -0.3 is 5.73 Å². The number of rotatable bonds is 0. The van der Waals surface area contributed by atoms with Gasteiger partial charge in [-0.25, -0.2) is 0 Å². The molecule has 1 atom stereocenters. The lowest BCUT2D eigenvalue weighted by atomic mass is 9.98. The van der Waals surface area contributed by atoms with E-state index in [0.717, 1.165) is 13.0 Å². The van der Waals surface area contributed by atoms with Gasteiger partial charge in [0.05, 0.1) is 6.17 Å². The lowest BCUT2D eigenvalue weighted by Gasteiger charge is -2.18. The van der Waals surface area contributed by atoms with E-state index in [0.29, 0.717) is 0 Å². The Labute approximate surface area is 103 Å². The molecule has 3 N–H and O–H groups in total. The summed E-state index contributed by atoms with van der Waals surface area (Å²) in [5.41, 5.74) is 11.3. The molecule has 0 bridgehead atoms. The number of benzene rings is 1. The van der Waals surface area contributed by atoms with Crippen molar-refractivity contribution < 1.29 is 0 Å². The number of allylic oxidation sites excluding steroid dienone is 3. The second-order valence-corrected chi connectivity index (χ2v) is 4.56. The van der Waals surface area contributed by atoms with Crippen molar-refractivity contribution in [2.24, 2.45) is 5.73 Å². The molecule has 2 heteroatoms. The first kappa shape index (κ1) is 12.1. The highest BCUT2D eigenvalue weighted by molar-refractivity contribution is 5.35. The molecular weight excluding hydrogens is 208 g/mol. The van der Waals surface area contributed by atoms with Crippen molar-refractivity contribution in [2.45, 2.75) is 26.4 Å². The molecule has 1 aliphatic heterocycles. The summed E-state index contributed by atoms with van der Waals surface area (Å²) in [5.74, 6) is 0. The Morgan fingerprint density at radius 3 is 2.65 bits per heavy atom. The Balaban J connectivity index is 2.38. The first-order valence-electron chi connectivity index (χ1n) is 6.09. The average Bonchev–Trinajstić information content (AvgIpc) is 2.35. The fourth-order valence-corrected chi connectivity index (χ4v) is 2.06. The van der Waals surface area contributed by atoms with Gasteiger partial charge in [-0.3, -0.25) is 5.32 Å². The first-order valence-corrected chi connectivity index (χ1v) is 6.09. The molecule has 0 saturated heterocycles. The van der Waals surface area contributed by atoms with Crippen LogP contribution >= 0.6 is 0 Å². The van der Waals surface area contributed by atoms with Gasteiger partial charge in [-0.2, -0.15) is 0 Å². The van der Waals surface area contributed by atoms with E-state index in [9.17, 15) is 0 Å². The van der Waals surface area contributed by atoms with E-state index in [-0.39, 0.29) is 6.17 Å². The second kappa shape index (κ2) is 5.30. The molecule has 0 fully saturated rings. The van der Waals surface area contributed by atoms with Crippen molar-refractivity contribution in [3.05, 3.63) is 58.7 Å². The lowest BCUT2D eigenvalue weighted by molar-refractivity contribution is 0.585. The van der Waals surface area contributed by atoms with Gasteiger partial charge in [0.15, 0.2) is 0 Å². The molecule has 1 aliphatic rings. The van der Waals surface area contributed by atoms with Crippen LogP contribution in [-0.4, -0.2) is 6.54 Å². The number of nitrogens with one attached hydrogen (secondary N) is 1. The Morgan fingerprint density at radius 2 is 1.82 bits per heavy atom. The van der Waals surface area contributed by atoms with Crippen LogP contribution in [0.3, 0.4) is 0 Å². The van der Waals surface area contributed by atoms with Crippen molar-refractivity contribution in [3.8, 4) is 0 Å². The molecule has 90 valence electrons. The maximum absolute atomic E-state index is 6.16. The van der Waals surface area contributed by atoms with Crippen LogP contribution in [0.4, 0.5) is 0 Å². The van der Waals surface area contributed by atoms with E-state index in [1.807, 2.05) is 6.07 Å². The molecule has 1 unspecified atom stereocenters. The van der Waals surface area contributed by atoms with Crippen LogP contribution in [0.5, 0.6) is 0 Å². The third-order valence-corrected chi connectivity index (χ3v) is 3.39. The van der Waals surface area contributed by atoms with Crippen LogP contribution in [0.15, 0.2) is 47.6 Å². The molecule has 1 aromatic carbocycles. The van der Waals surface area contributed by atoms with E-state index in [2.05, 4.69) is 49.5 Å². The predicted molar refractivity (Wildman–Crippen MR) is 72.6 cm³/mol. The molecule has 0 aromatic heterocycles. The van der Waals surface area contributed by atoms with E-state index in [4.69, 9.17) is 5.73 Å². The van der Waals surface area contributed by atoms with E-state index < -0.39 is 0 Å². The summed E-state index contributed by atoms with van der Waals surface area (Å²) in [7, 11) is 0. The van der Waals surface area contributed by atoms with Crippen molar-refractivity contribution in [1.29, 1.82) is 0 Å². The van der Waals surface area contributed by atoms with Crippen LogP contribution in [0.25, 0.3) is 0 Å². The molecule has 0 saturated carbocycles. The maximum Gasteiger partial charge on any atom is 0.0815 e. The predicted octanol–water partition coefficient (Wildman–Crippen LogP) is 2.68. The molecule has 0 aliphatic carbocycles. The maximum atomic E-state index is 6.16. The zero-order valence-corrected chi connectivity index (χ0v) is 10.5. The van der Waals surface area contributed by atoms with Crippen LogP contribution in [0.1, 0.15) is 31.1 Å². The minimum Gasteiger partial charge on any atom is -0.312 e. The van der Waals surface area contributed by atoms with Gasteiger partial charge in [0, 0.05) is 6.54 Å². The van der Waals surface area contributed by atoms with Crippen LogP contribution < -0.4 is 11.1 Å². The van der Waals surface area contributed by atoms with Gasteiger partial charge in [-0.1, -0.05) is 47.6 Å².